The zero-order chi connectivity index (χ0) is 19.2. The molecule has 2 fully saturated rings. The van der Waals surface area contributed by atoms with Crippen molar-refractivity contribution < 1.29 is 8.42 Å². The summed E-state index contributed by atoms with van der Waals surface area (Å²) in [6.45, 7) is 8.64. The lowest BCUT2D eigenvalue weighted by molar-refractivity contribution is 0.100. The molecule has 2 aliphatic rings. The maximum atomic E-state index is 11.7. The predicted octanol–water partition coefficient (Wildman–Crippen LogP) is 2.81. The van der Waals surface area contributed by atoms with Crippen molar-refractivity contribution in [3.05, 3.63) is 40.0 Å². The topological polar surface area (TPSA) is 53.5 Å². The van der Waals surface area contributed by atoms with Gasteiger partial charge in [-0.2, -0.15) is 0 Å². The number of hydrogen-bond donors (Lipinski definition) is 0. The van der Waals surface area contributed by atoms with E-state index in [0.29, 0.717) is 16.7 Å². The smallest absolute Gasteiger partial charge is 0.151 e. The Morgan fingerprint density at radius 2 is 1.93 bits per heavy atom. The van der Waals surface area contributed by atoms with Crippen LogP contribution in [0.4, 0.5) is 0 Å². The molecule has 7 heteroatoms. The van der Waals surface area contributed by atoms with Crippen LogP contribution in [0.3, 0.4) is 0 Å². The van der Waals surface area contributed by atoms with E-state index >= 15 is 0 Å². The summed E-state index contributed by atoms with van der Waals surface area (Å²) >= 11 is 6.50. The molecule has 2 aliphatic heterocycles. The molecular weight excluding hydrogens is 382 g/mol. The highest BCUT2D eigenvalue weighted by Crippen LogP contribution is 2.26. The van der Waals surface area contributed by atoms with E-state index in [1.54, 1.807) is 0 Å². The van der Waals surface area contributed by atoms with Crippen molar-refractivity contribution >= 4 is 32.3 Å². The Morgan fingerprint density at radius 3 is 2.59 bits per heavy atom. The molecule has 0 radical (unpaired) electrons. The molecule has 5 nitrogen and oxygen atoms in total. The van der Waals surface area contributed by atoms with E-state index in [9.17, 15) is 8.42 Å². The van der Waals surface area contributed by atoms with Crippen LogP contribution in [-0.2, 0) is 16.4 Å². The van der Waals surface area contributed by atoms with Crippen LogP contribution in [0.15, 0.2) is 18.2 Å². The first-order valence-corrected chi connectivity index (χ1v) is 11.7. The van der Waals surface area contributed by atoms with E-state index in [1.807, 2.05) is 0 Å². The summed E-state index contributed by atoms with van der Waals surface area (Å²) in [6, 6.07) is 6.61. The van der Waals surface area contributed by atoms with Gasteiger partial charge in [0.1, 0.15) is 5.15 Å². The fourth-order valence-electron chi connectivity index (χ4n) is 4.21. The summed E-state index contributed by atoms with van der Waals surface area (Å²) in [5.41, 5.74) is 4.45. The van der Waals surface area contributed by atoms with Crippen molar-refractivity contribution in [3.8, 4) is 0 Å². The minimum Gasteiger partial charge on any atom is -0.297 e. The van der Waals surface area contributed by atoms with Crippen LogP contribution in [0.5, 0.6) is 0 Å². The molecule has 0 spiro atoms. The summed E-state index contributed by atoms with van der Waals surface area (Å²) < 4.78 is 23.4. The Balaban J connectivity index is 1.43. The zero-order valence-electron chi connectivity index (χ0n) is 15.9. The molecule has 0 unspecified atom stereocenters. The second-order valence-corrected chi connectivity index (χ2v) is 10.5. The van der Waals surface area contributed by atoms with Gasteiger partial charge in [0.25, 0.3) is 0 Å². The van der Waals surface area contributed by atoms with Crippen molar-refractivity contribution in [2.75, 3.05) is 37.7 Å². The number of aromatic nitrogens is 1. The number of nitrogens with zero attached hydrogens (tertiary/aromatic N) is 3. The molecule has 1 atom stereocenters. The monoisotopic (exact) mass is 407 g/mol. The largest absolute Gasteiger partial charge is 0.297 e. The molecule has 4 rings (SSSR count). The Bertz CT molecular complexity index is 969. The van der Waals surface area contributed by atoms with Crippen LogP contribution in [0.1, 0.15) is 23.1 Å². The molecule has 0 bridgehead atoms. The van der Waals surface area contributed by atoms with Gasteiger partial charge >= 0.3 is 0 Å². The fourth-order valence-corrected chi connectivity index (χ4v) is 6.17. The molecule has 3 heterocycles. The SMILES string of the molecule is Cc1ccc2cc(CN3CCN([C@H]4CCS(=O)(=O)C4)CC3)c(Cl)nc2c1C. The van der Waals surface area contributed by atoms with Gasteiger partial charge < -0.3 is 0 Å². The van der Waals surface area contributed by atoms with Gasteiger partial charge in [0, 0.05) is 49.7 Å². The van der Waals surface area contributed by atoms with Crippen molar-refractivity contribution in [3.63, 3.8) is 0 Å². The molecule has 2 aromatic rings. The average Bonchev–Trinajstić information content (AvgIpc) is 3.00. The van der Waals surface area contributed by atoms with Crippen LogP contribution >= 0.6 is 11.6 Å². The normalized spacial score (nSPS) is 23.9. The van der Waals surface area contributed by atoms with Crippen molar-refractivity contribution in [2.24, 2.45) is 0 Å². The second-order valence-electron chi connectivity index (χ2n) is 7.89. The maximum absolute atomic E-state index is 11.7. The molecule has 27 heavy (non-hydrogen) atoms. The van der Waals surface area contributed by atoms with E-state index in [4.69, 9.17) is 11.6 Å². The van der Waals surface area contributed by atoms with E-state index in [-0.39, 0.29) is 6.04 Å². The maximum Gasteiger partial charge on any atom is 0.151 e. The number of fused-ring (bicyclic) bond motifs is 1. The van der Waals surface area contributed by atoms with Crippen molar-refractivity contribution in [2.45, 2.75) is 32.9 Å². The third-order valence-electron chi connectivity index (χ3n) is 6.06. The van der Waals surface area contributed by atoms with Gasteiger partial charge in [0.05, 0.1) is 17.0 Å². The first-order valence-electron chi connectivity index (χ1n) is 9.54. The minimum atomic E-state index is -2.82. The summed E-state index contributed by atoms with van der Waals surface area (Å²) in [5, 5.41) is 1.72. The highest BCUT2D eigenvalue weighted by Gasteiger charge is 2.33. The number of aryl methyl sites for hydroxylation is 2. The first-order chi connectivity index (χ1) is 12.8. The fraction of sp³-hybridized carbons (Fsp3) is 0.550. The lowest BCUT2D eigenvalue weighted by atomic mass is 10.0. The van der Waals surface area contributed by atoms with Crippen LogP contribution in [0.25, 0.3) is 10.9 Å². The molecular formula is C20H26ClN3O2S. The molecule has 0 N–H and O–H groups in total. The summed E-state index contributed by atoms with van der Waals surface area (Å²) in [6.07, 6.45) is 0.779. The Hall–Kier alpha value is -1.21. The number of halogens is 1. The number of piperazine rings is 1. The molecule has 0 saturated carbocycles. The van der Waals surface area contributed by atoms with Gasteiger partial charge in [-0.25, -0.2) is 13.4 Å². The number of benzene rings is 1. The number of rotatable bonds is 3. The van der Waals surface area contributed by atoms with Gasteiger partial charge in [-0.15, -0.1) is 0 Å². The molecule has 0 amide bonds. The number of pyridine rings is 1. The third kappa shape index (κ3) is 3.99. The van der Waals surface area contributed by atoms with E-state index in [1.165, 1.54) is 11.1 Å². The van der Waals surface area contributed by atoms with E-state index in [0.717, 1.165) is 55.6 Å². The zero-order valence-corrected chi connectivity index (χ0v) is 17.5. The van der Waals surface area contributed by atoms with Crippen LogP contribution in [0, 0.1) is 13.8 Å². The molecule has 1 aromatic carbocycles. The van der Waals surface area contributed by atoms with Crippen LogP contribution in [-0.4, -0.2) is 66.9 Å². The van der Waals surface area contributed by atoms with E-state index < -0.39 is 9.84 Å². The van der Waals surface area contributed by atoms with Crippen molar-refractivity contribution in [1.29, 1.82) is 0 Å². The second kappa shape index (κ2) is 7.32. The molecule has 0 aliphatic carbocycles. The standard InChI is InChI=1S/C20H26ClN3O2S/c1-14-3-4-16-11-17(20(21)22-19(16)15(14)2)12-23-6-8-24(9-7-23)18-5-10-27(25,26)13-18/h3-4,11,18H,5-10,12-13H2,1-2H3/t18-/m0/s1. The Morgan fingerprint density at radius 1 is 1.19 bits per heavy atom. The quantitative estimate of drug-likeness (QED) is 0.732. The summed E-state index contributed by atoms with van der Waals surface area (Å²) in [4.78, 5) is 9.38. The molecule has 2 saturated heterocycles. The van der Waals surface area contributed by atoms with Gasteiger partial charge in [-0.05, 0) is 37.5 Å². The summed E-state index contributed by atoms with van der Waals surface area (Å²) in [5.74, 6) is 0.668. The van der Waals surface area contributed by atoms with Crippen molar-refractivity contribution in [1.82, 2.24) is 14.8 Å². The third-order valence-corrected chi connectivity index (χ3v) is 8.14. The van der Waals surface area contributed by atoms with Gasteiger partial charge in [-0.3, -0.25) is 9.80 Å². The van der Waals surface area contributed by atoms with E-state index in [2.05, 4.69) is 46.8 Å². The Labute approximate surface area is 166 Å². The lowest BCUT2D eigenvalue weighted by Gasteiger charge is -2.37. The van der Waals surface area contributed by atoms with Gasteiger partial charge in [-0.1, -0.05) is 23.7 Å². The molecule has 1 aromatic heterocycles. The first kappa shape index (κ1) is 19.1. The Kier molecular flexibility index (Phi) is 5.18. The summed E-state index contributed by atoms with van der Waals surface area (Å²) in [7, 11) is -2.82. The van der Waals surface area contributed by atoms with Crippen LogP contribution < -0.4 is 0 Å². The highest BCUT2D eigenvalue weighted by molar-refractivity contribution is 7.91. The number of hydrogen-bond acceptors (Lipinski definition) is 5. The van der Waals surface area contributed by atoms with Gasteiger partial charge in [0.2, 0.25) is 0 Å². The van der Waals surface area contributed by atoms with Gasteiger partial charge in [0.15, 0.2) is 9.84 Å². The lowest BCUT2D eigenvalue weighted by Crippen LogP contribution is -2.50. The average molecular weight is 408 g/mol. The highest BCUT2D eigenvalue weighted by atomic mass is 35.5. The predicted molar refractivity (Wildman–Crippen MR) is 110 cm³/mol. The van der Waals surface area contributed by atoms with Crippen LogP contribution in [0.2, 0.25) is 5.15 Å². The minimum absolute atomic E-state index is 0.203. The number of sulfone groups is 1. The molecule has 146 valence electrons.